The summed E-state index contributed by atoms with van der Waals surface area (Å²) in [5.74, 6) is 0.453. The van der Waals surface area contributed by atoms with Crippen molar-refractivity contribution in [2.75, 3.05) is 19.0 Å². The van der Waals surface area contributed by atoms with Gasteiger partial charge in [0, 0.05) is 12.1 Å². The molecule has 2 amide bonds. The Kier molecular flexibility index (Phi) is 7.86. The number of hydrogen-bond donors (Lipinski definition) is 2. The van der Waals surface area contributed by atoms with E-state index >= 15 is 0 Å². The van der Waals surface area contributed by atoms with Crippen LogP contribution >= 0.6 is 0 Å². The third-order valence-corrected chi connectivity index (χ3v) is 4.75. The highest BCUT2D eigenvalue weighted by Gasteiger charge is 2.16. The standard InChI is InChI=1S/C26H28N2O4/c1-18(2)32-23-14-13-20(17-24(23)31-3)25(29)28-22-12-8-7-11-21(22)26(30)27-16-15-19-9-5-4-6-10-19/h4-14,17-18H,15-16H2,1-3H3,(H,27,30)(H,28,29). The molecule has 0 spiro atoms. The van der Waals surface area contributed by atoms with Crippen LogP contribution < -0.4 is 20.1 Å². The summed E-state index contributed by atoms with van der Waals surface area (Å²) in [5, 5.41) is 5.75. The molecule has 0 radical (unpaired) electrons. The molecule has 0 heterocycles. The maximum Gasteiger partial charge on any atom is 0.255 e. The molecule has 6 nitrogen and oxygen atoms in total. The van der Waals surface area contributed by atoms with Crippen molar-refractivity contribution < 1.29 is 19.1 Å². The number of carbonyl (C=O) groups excluding carboxylic acids is 2. The molecular weight excluding hydrogens is 404 g/mol. The highest BCUT2D eigenvalue weighted by molar-refractivity contribution is 6.09. The molecule has 0 unspecified atom stereocenters. The van der Waals surface area contributed by atoms with E-state index in [-0.39, 0.29) is 17.9 Å². The van der Waals surface area contributed by atoms with Gasteiger partial charge in [-0.15, -0.1) is 0 Å². The Labute approximate surface area is 188 Å². The minimum absolute atomic E-state index is 0.0177. The average molecular weight is 433 g/mol. The van der Waals surface area contributed by atoms with Crippen molar-refractivity contribution in [2.24, 2.45) is 0 Å². The molecule has 0 aliphatic rings. The minimum Gasteiger partial charge on any atom is -0.493 e. The lowest BCUT2D eigenvalue weighted by atomic mass is 10.1. The number of anilines is 1. The lowest BCUT2D eigenvalue weighted by Gasteiger charge is -2.15. The fraction of sp³-hybridized carbons (Fsp3) is 0.231. The SMILES string of the molecule is COc1cc(C(=O)Nc2ccccc2C(=O)NCCc2ccccc2)ccc1OC(C)C. The number of rotatable bonds is 9. The van der Waals surface area contributed by atoms with Crippen LogP contribution in [0.5, 0.6) is 11.5 Å². The van der Waals surface area contributed by atoms with Crippen LogP contribution in [-0.2, 0) is 6.42 Å². The maximum atomic E-state index is 12.9. The highest BCUT2D eigenvalue weighted by atomic mass is 16.5. The van der Waals surface area contributed by atoms with Crippen molar-refractivity contribution in [1.29, 1.82) is 0 Å². The zero-order valence-corrected chi connectivity index (χ0v) is 18.6. The van der Waals surface area contributed by atoms with Crippen LogP contribution in [0.1, 0.15) is 40.1 Å². The topological polar surface area (TPSA) is 76.7 Å². The molecule has 0 bridgehead atoms. The van der Waals surface area contributed by atoms with Crippen LogP contribution in [0, 0.1) is 0 Å². The van der Waals surface area contributed by atoms with Crippen LogP contribution in [0.15, 0.2) is 72.8 Å². The van der Waals surface area contributed by atoms with Crippen molar-refractivity contribution in [2.45, 2.75) is 26.4 Å². The molecule has 3 aromatic rings. The Balaban J connectivity index is 1.68. The van der Waals surface area contributed by atoms with E-state index in [0.29, 0.717) is 34.9 Å². The van der Waals surface area contributed by atoms with Crippen molar-refractivity contribution in [3.05, 3.63) is 89.5 Å². The first-order chi connectivity index (χ1) is 15.5. The van der Waals surface area contributed by atoms with E-state index in [2.05, 4.69) is 10.6 Å². The van der Waals surface area contributed by atoms with E-state index < -0.39 is 0 Å². The Bertz CT molecular complexity index is 1060. The summed E-state index contributed by atoms with van der Waals surface area (Å²) in [4.78, 5) is 25.6. The van der Waals surface area contributed by atoms with E-state index in [1.165, 1.54) is 7.11 Å². The third-order valence-electron chi connectivity index (χ3n) is 4.75. The first-order valence-electron chi connectivity index (χ1n) is 10.5. The maximum absolute atomic E-state index is 12.9. The number of para-hydroxylation sites is 1. The lowest BCUT2D eigenvalue weighted by molar-refractivity contribution is 0.0955. The second-order valence-corrected chi connectivity index (χ2v) is 7.52. The molecule has 166 valence electrons. The minimum atomic E-state index is -0.344. The molecule has 0 atom stereocenters. The predicted molar refractivity (Wildman–Crippen MR) is 126 cm³/mol. The van der Waals surface area contributed by atoms with E-state index in [0.717, 1.165) is 12.0 Å². The fourth-order valence-electron chi connectivity index (χ4n) is 3.20. The predicted octanol–water partition coefficient (Wildman–Crippen LogP) is 4.71. The largest absolute Gasteiger partial charge is 0.493 e. The van der Waals surface area contributed by atoms with Crippen molar-refractivity contribution >= 4 is 17.5 Å². The van der Waals surface area contributed by atoms with Gasteiger partial charge in [0.05, 0.1) is 24.5 Å². The van der Waals surface area contributed by atoms with Crippen molar-refractivity contribution in [3.8, 4) is 11.5 Å². The van der Waals surface area contributed by atoms with Crippen LogP contribution in [0.25, 0.3) is 0 Å². The molecule has 0 aliphatic carbocycles. The van der Waals surface area contributed by atoms with Gasteiger partial charge in [-0.3, -0.25) is 9.59 Å². The van der Waals surface area contributed by atoms with Gasteiger partial charge in [-0.2, -0.15) is 0 Å². The zero-order valence-electron chi connectivity index (χ0n) is 18.6. The molecule has 0 aromatic heterocycles. The second kappa shape index (κ2) is 11.0. The molecule has 3 aromatic carbocycles. The molecule has 6 heteroatoms. The van der Waals surface area contributed by atoms with Crippen molar-refractivity contribution in [1.82, 2.24) is 5.32 Å². The smallest absolute Gasteiger partial charge is 0.255 e. The number of methoxy groups -OCH3 is 1. The van der Waals surface area contributed by atoms with Gasteiger partial charge in [-0.1, -0.05) is 42.5 Å². The zero-order chi connectivity index (χ0) is 22.9. The van der Waals surface area contributed by atoms with Gasteiger partial charge >= 0.3 is 0 Å². The molecule has 0 fully saturated rings. The number of benzene rings is 3. The highest BCUT2D eigenvalue weighted by Crippen LogP contribution is 2.29. The number of ether oxygens (including phenoxy) is 2. The number of hydrogen-bond acceptors (Lipinski definition) is 4. The average Bonchev–Trinajstić information content (AvgIpc) is 2.80. The van der Waals surface area contributed by atoms with Crippen LogP contribution in [-0.4, -0.2) is 31.6 Å². The van der Waals surface area contributed by atoms with Gasteiger partial charge in [0.25, 0.3) is 11.8 Å². The Morgan fingerprint density at radius 1 is 0.875 bits per heavy atom. The molecule has 0 saturated carbocycles. The Morgan fingerprint density at radius 2 is 1.59 bits per heavy atom. The van der Waals surface area contributed by atoms with Crippen LogP contribution in [0.3, 0.4) is 0 Å². The van der Waals surface area contributed by atoms with Crippen LogP contribution in [0.2, 0.25) is 0 Å². The fourth-order valence-corrected chi connectivity index (χ4v) is 3.20. The first kappa shape index (κ1) is 22.9. The summed E-state index contributed by atoms with van der Waals surface area (Å²) in [7, 11) is 1.53. The van der Waals surface area contributed by atoms with E-state index in [4.69, 9.17) is 9.47 Å². The van der Waals surface area contributed by atoms with Gasteiger partial charge in [0.15, 0.2) is 11.5 Å². The summed E-state index contributed by atoms with van der Waals surface area (Å²) in [6.45, 7) is 4.34. The van der Waals surface area contributed by atoms with Gasteiger partial charge in [-0.05, 0) is 56.2 Å². The summed E-state index contributed by atoms with van der Waals surface area (Å²) in [6, 6.07) is 21.9. The van der Waals surface area contributed by atoms with Crippen molar-refractivity contribution in [3.63, 3.8) is 0 Å². The third kappa shape index (κ3) is 6.11. The number of amides is 2. The molecule has 2 N–H and O–H groups in total. The van der Waals surface area contributed by atoms with Crippen LogP contribution in [0.4, 0.5) is 5.69 Å². The molecule has 3 rings (SSSR count). The number of carbonyl (C=O) groups is 2. The summed E-state index contributed by atoms with van der Waals surface area (Å²) >= 11 is 0. The first-order valence-corrected chi connectivity index (χ1v) is 10.5. The second-order valence-electron chi connectivity index (χ2n) is 7.52. The molecular formula is C26H28N2O4. The van der Waals surface area contributed by atoms with Gasteiger partial charge in [-0.25, -0.2) is 0 Å². The quantitative estimate of drug-likeness (QED) is 0.514. The van der Waals surface area contributed by atoms with Gasteiger partial charge in [0.1, 0.15) is 0 Å². The summed E-state index contributed by atoms with van der Waals surface area (Å²) < 4.78 is 11.1. The summed E-state index contributed by atoms with van der Waals surface area (Å²) in [6.07, 6.45) is 0.710. The lowest BCUT2D eigenvalue weighted by Crippen LogP contribution is -2.27. The molecule has 32 heavy (non-hydrogen) atoms. The normalized spacial score (nSPS) is 10.5. The Morgan fingerprint density at radius 3 is 2.31 bits per heavy atom. The monoisotopic (exact) mass is 432 g/mol. The van der Waals surface area contributed by atoms with Gasteiger partial charge in [0.2, 0.25) is 0 Å². The molecule has 0 saturated heterocycles. The molecule has 0 aliphatic heterocycles. The van der Waals surface area contributed by atoms with Gasteiger partial charge < -0.3 is 20.1 Å². The Hall–Kier alpha value is -3.80. The number of nitrogens with one attached hydrogen (secondary N) is 2. The van der Waals surface area contributed by atoms with E-state index in [1.807, 2.05) is 44.2 Å². The van der Waals surface area contributed by atoms with E-state index in [9.17, 15) is 9.59 Å². The summed E-state index contributed by atoms with van der Waals surface area (Å²) in [5.41, 5.74) is 2.39. The van der Waals surface area contributed by atoms with E-state index in [1.54, 1.807) is 42.5 Å².